The van der Waals surface area contributed by atoms with E-state index in [1.807, 2.05) is 7.05 Å². The van der Waals surface area contributed by atoms with E-state index in [-0.39, 0.29) is 17.8 Å². The van der Waals surface area contributed by atoms with E-state index in [2.05, 4.69) is 16.8 Å². The molecule has 0 amide bonds. The van der Waals surface area contributed by atoms with Gasteiger partial charge < -0.3 is 9.80 Å². The number of halogens is 2. The first-order chi connectivity index (χ1) is 9.94. The number of nitrogens with zero attached hydrogens (tertiary/aromatic N) is 2. The maximum absolute atomic E-state index is 13.1. The zero-order valence-corrected chi connectivity index (χ0v) is 12.6. The van der Waals surface area contributed by atoms with Crippen molar-refractivity contribution < 1.29 is 13.6 Å². The zero-order chi connectivity index (χ0) is 15.4. The van der Waals surface area contributed by atoms with E-state index in [0.717, 1.165) is 37.8 Å². The first kappa shape index (κ1) is 16.0. The molecule has 0 N–H and O–H groups in total. The van der Waals surface area contributed by atoms with Crippen molar-refractivity contribution in [2.75, 3.05) is 40.3 Å². The minimum atomic E-state index is -0.708. The van der Waals surface area contributed by atoms with Gasteiger partial charge in [0.15, 0.2) is 5.78 Å². The third-order valence-electron chi connectivity index (χ3n) is 3.96. The number of benzene rings is 1. The van der Waals surface area contributed by atoms with Gasteiger partial charge >= 0.3 is 0 Å². The molecule has 0 aromatic heterocycles. The van der Waals surface area contributed by atoms with Crippen molar-refractivity contribution in [1.29, 1.82) is 0 Å². The van der Waals surface area contributed by atoms with E-state index in [9.17, 15) is 13.6 Å². The number of hydrogen-bond acceptors (Lipinski definition) is 3. The third-order valence-corrected chi connectivity index (χ3v) is 3.96. The monoisotopic (exact) mass is 296 g/mol. The van der Waals surface area contributed by atoms with Crippen molar-refractivity contribution in [2.45, 2.75) is 12.8 Å². The Kier molecular flexibility index (Phi) is 5.42. The van der Waals surface area contributed by atoms with Gasteiger partial charge in [-0.25, -0.2) is 8.78 Å². The summed E-state index contributed by atoms with van der Waals surface area (Å²) in [4.78, 5) is 16.4. The Labute approximate surface area is 124 Å². The van der Waals surface area contributed by atoms with Gasteiger partial charge in [-0.1, -0.05) is 0 Å². The second-order valence-corrected chi connectivity index (χ2v) is 6.01. The van der Waals surface area contributed by atoms with Gasteiger partial charge in [-0.3, -0.25) is 4.79 Å². The molecule has 1 aliphatic rings. The average Bonchev–Trinajstić information content (AvgIpc) is 2.80. The normalized spacial score (nSPS) is 19.4. The van der Waals surface area contributed by atoms with E-state index in [0.29, 0.717) is 12.5 Å². The summed E-state index contributed by atoms with van der Waals surface area (Å²) in [5, 5.41) is 0. The second kappa shape index (κ2) is 7.09. The van der Waals surface area contributed by atoms with Crippen LogP contribution in [0.2, 0.25) is 0 Å². The number of carbonyl (C=O) groups excluding carboxylic acids is 1. The SMILES string of the molecule is CN(CCC(=O)c1cc(F)cc(F)c1)CC1CCN(C)C1. The molecule has 21 heavy (non-hydrogen) atoms. The average molecular weight is 296 g/mol. The smallest absolute Gasteiger partial charge is 0.164 e. The molecule has 0 radical (unpaired) electrons. The van der Waals surface area contributed by atoms with Gasteiger partial charge in [0.2, 0.25) is 0 Å². The summed E-state index contributed by atoms with van der Waals surface area (Å²) in [6.07, 6.45) is 1.46. The minimum Gasteiger partial charge on any atom is -0.306 e. The molecular weight excluding hydrogens is 274 g/mol. The molecule has 116 valence electrons. The molecule has 1 aromatic rings. The summed E-state index contributed by atoms with van der Waals surface area (Å²) in [7, 11) is 4.10. The summed E-state index contributed by atoms with van der Waals surface area (Å²) in [5.41, 5.74) is 0.112. The van der Waals surface area contributed by atoms with Gasteiger partial charge in [0, 0.05) is 37.7 Å². The number of hydrogen-bond donors (Lipinski definition) is 0. The Balaban J connectivity index is 1.80. The maximum Gasteiger partial charge on any atom is 0.164 e. The number of ketones is 1. The van der Waals surface area contributed by atoms with Crippen LogP contribution in [0.15, 0.2) is 18.2 Å². The fraction of sp³-hybridized carbons (Fsp3) is 0.562. The van der Waals surface area contributed by atoms with Crippen LogP contribution in [0.1, 0.15) is 23.2 Å². The first-order valence-electron chi connectivity index (χ1n) is 7.30. The molecule has 1 unspecified atom stereocenters. The lowest BCUT2D eigenvalue weighted by Gasteiger charge is -2.20. The Morgan fingerprint density at radius 2 is 2.00 bits per heavy atom. The van der Waals surface area contributed by atoms with Crippen LogP contribution in [0.4, 0.5) is 8.78 Å². The van der Waals surface area contributed by atoms with Gasteiger partial charge in [0.25, 0.3) is 0 Å². The van der Waals surface area contributed by atoms with Crippen LogP contribution in [0.25, 0.3) is 0 Å². The number of carbonyl (C=O) groups is 1. The highest BCUT2D eigenvalue weighted by Gasteiger charge is 2.21. The van der Waals surface area contributed by atoms with E-state index in [4.69, 9.17) is 0 Å². The predicted molar refractivity (Wildman–Crippen MR) is 78.4 cm³/mol. The molecule has 1 atom stereocenters. The van der Waals surface area contributed by atoms with E-state index >= 15 is 0 Å². The van der Waals surface area contributed by atoms with Crippen molar-refractivity contribution in [1.82, 2.24) is 9.80 Å². The molecule has 3 nitrogen and oxygen atoms in total. The van der Waals surface area contributed by atoms with Crippen LogP contribution in [0.5, 0.6) is 0 Å². The highest BCUT2D eigenvalue weighted by molar-refractivity contribution is 5.96. The Hall–Kier alpha value is -1.33. The molecule has 0 spiro atoms. The summed E-state index contributed by atoms with van der Waals surface area (Å²) < 4.78 is 26.2. The van der Waals surface area contributed by atoms with Crippen LogP contribution >= 0.6 is 0 Å². The van der Waals surface area contributed by atoms with Crippen molar-refractivity contribution in [3.63, 3.8) is 0 Å². The number of likely N-dealkylation sites (tertiary alicyclic amines) is 1. The van der Waals surface area contributed by atoms with Crippen LogP contribution < -0.4 is 0 Å². The second-order valence-electron chi connectivity index (χ2n) is 6.01. The molecule has 5 heteroatoms. The molecule has 2 rings (SSSR count). The van der Waals surface area contributed by atoms with Crippen LogP contribution in [0.3, 0.4) is 0 Å². The van der Waals surface area contributed by atoms with Crippen LogP contribution in [0, 0.1) is 17.6 Å². The Morgan fingerprint density at radius 1 is 1.33 bits per heavy atom. The lowest BCUT2D eigenvalue weighted by Crippen LogP contribution is -2.29. The lowest BCUT2D eigenvalue weighted by atomic mass is 10.1. The first-order valence-corrected chi connectivity index (χ1v) is 7.30. The third kappa shape index (κ3) is 4.86. The molecule has 0 aliphatic carbocycles. The van der Waals surface area contributed by atoms with E-state index in [1.54, 1.807) is 0 Å². The lowest BCUT2D eigenvalue weighted by molar-refractivity contribution is 0.0965. The Morgan fingerprint density at radius 3 is 2.57 bits per heavy atom. The summed E-state index contributed by atoms with van der Waals surface area (Å²) in [5.74, 6) is -0.994. The van der Waals surface area contributed by atoms with Crippen molar-refractivity contribution in [3.05, 3.63) is 35.4 Å². The predicted octanol–water partition coefficient (Wildman–Crippen LogP) is 2.42. The van der Waals surface area contributed by atoms with E-state index < -0.39 is 11.6 Å². The van der Waals surface area contributed by atoms with Gasteiger partial charge in [0.1, 0.15) is 11.6 Å². The molecule has 1 aliphatic heterocycles. The molecule has 0 bridgehead atoms. The van der Waals surface area contributed by atoms with Gasteiger partial charge in [-0.05, 0) is 45.1 Å². The topological polar surface area (TPSA) is 23.6 Å². The summed E-state index contributed by atoms with van der Waals surface area (Å²) in [6, 6.07) is 2.97. The highest BCUT2D eigenvalue weighted by atomic mass is 19.1. The van der Waals surface area contributed by atoms with Crippen molar-refractivity contribution in [3.8, 4) is 0 Å². The van der Waals surface area contributed by atoms with Gasteiger partial charge in [-0.2, -0.15) is 0 Å². The van der Waals surface area contributed by atoms with E-state index in [1.165, 1.54) is 6.42 Å². The zero-order valence-electron chi connectivity index (χ0n) is 12.6. The quantitative estimate of drug-likeness (QED) is 0.753. The molecule has 1 fully saturated rings. The Bertz CT molecular complexity index is 487. The number of Topliss-reactive ketones (excluding diaryl/α,β-unsaturated/α-hetero) is 1. The van der Waals surface area contributed by atoms with Gasteiger partial charge in [-0.15, -0.1) is 0 Å². The molecule has 1 saturated heterocycles. The molecule has 1 heterocycles. The number of rotatable bonds is 6. The highest BCUT2D eigenvalue weighted by Crippen LogP contribution is 2.15. The fourth-order valence-corrected chi connectivity index (χ4v) is 2.86. The summed E-state index contributed by atoms with van der Waals surface area (Å²) in [6.45, 7) is 3.78. The van der Waals surface area contributed by atoms with Crippen LogP contribution in [-0.2, 0) is 0 Å². The standard InChI is InChI=1S/C16H22F2N2O/c1-19-5-3-12(10-19)11-20(2)6-4-16(21)13-7-14(17)9-15(18)8-13/h7-9,12H,3-6,10-11H2,1-2H3. The van der Waals surface area contributed by atoms with Crippen LogP contribution in [-0.4, -0.2) is 55.9 Å². The van der Waals surface area contributed by atoms with Crippen molar-refractivity contribution >= 4 is 5.78 Å². The molecule has 1 aromatic carbocycles. The van der Waals surface area contributed by atoms with Crippen molar-refractivity contribution in [2.24, 2.45) is 5.92 Å². The van der Waals surface area contributed by atoms with Gasteiger partial charge in [0.05, 0.1) is 0 Å². The molecular formula is C16H22F2N2O. The maximum atomic E-state index is 13.1. The summed E-state index contributed by atoms with van der Waals surface area (Å²) >= 11 is 0. The molecule has 0 saturated carbocycles. The fourth-order valence-electron chi connectivity index (χ4n) is 2.86. The minimum absolute atomic E-state index is 0.112. The largest absolute Gasteiger partial charge is 0.306 e.